The molecule has 0 saturated carbocycles. The second-order valence-corrected chi connectivity index (χ2v) is 6.98. The van der Waals surface area contributed by atoms with E-state index in [2.05, 4.69) is 10.4 Å². The molecule has 0 unspecified atom stereocenters. The number of benzene rings is 2. The van der Waals surface area contributed by atoms with Gasteiger partial charge in [-0.2, -0.15) is 5.10 Å². The number of hydrazone groups is 1. The summed E-state index contributed by atoms with van der Waals surface area (Å²) in [5, 5.41) is 8.38. The van der Waals surface area contributed by atoms with E-state index in [0.29, 0.717) is 6.42 Å². The van der Waals surface area contributed by atoms with Gasteiger partial charge in [0.15, 0.2) is 6.61 Å². The number of carbonyl (C=O) groups is 3. The number of carbonyl (C=O) groups excluding carboxylic acids is 3. The second-order valence-electron chi connectivity index (χ2n) is 6.98. The predicted octanol–water partition coefficient (Wildman–Crippen LogP) is 2.44. The van der Waals surface area contributed by atoms with Crippen molar-refractivity contribution >= 4 is 23.5 Å². The van der Waals surface area contributed by atoms with Crippen LogP contribution in [-0.4, -0.2) is 49.3 Å². The SMILES string of the molecule is CNC(=O)COC(=O)CCC(=O)N1N=C(c2ccccc2)C[C@H]1c1ccc(OC)cc1. The normalized spacial score (nSPS) is 15.2. The highest BCUT2D eigenvalue weighted by molar-refractivity contribution is 6.03. The van der Waals surface area contributed by atoms with Gasteiger partial charge in [0.1, 0.15) is 5.75 Å². The van der Waals surface area contributed by atoms with Gasteiger partial charge in [0.2, 0.25) is 5.91 Å². The molecule has 1 atom stereocenters. The lowest BCUT2D eigenvalue weighted by Gasteiger charge is -2.22. The van der Waals surface area contributed by atoms with Crippen LogP contribution in [0.4, 0.5) is 0 Å². The van der Waals surface area contributed by atoms with Crippen LogP contribution in [0.1, 0.15) is 36.4 Å². The summed E-state index contributed by atoms with van der Waals surface area (Å²) in [5.41, 5.74) is 2.67. The zero-order chi connectivity index (χ0) is 22.2. The molecule has 162 valence electrons. The van der Waals surface area contributed by atoms with E-state index < -0.39 is 11.9 Å². The Kier molecular flexibility index (Phi) is 7.37. The van der Waals surface area contributed by atoms with E-state index in [1.54, 1.807) is 7.11 Å². The molecule has 1 heterocycles. The van der Waals surface area contributed by atoms with E-state index in [4.69, 9.17) is 9.47 Å². The number of nitrogens with one attached hydrogen (secondary N) is 1. The fourth-order valence-electron chi connectivity index (χ4n) is 3.24. The largest absolute Gasteiger partial charge is 0.497 e. The van der Waals surface area contributed by atoms with Gasteiger partial charge < -0.3 is 14.8 Å². The van der Waals surface area contributed by atoms with Crippen molar-refractivity contribution in [3.8, 4) is 5.75 Å². The molecule has 2 amide bonds. The van der Waals surface area contributed by atoms with Crippen molar-refractivity contribution < 1.29 is 23.9 Å². The monoisotopic (exact) mass is 423 g/mol. The Morgan fingerprint density at radius 3 is 2.42 bits per heavy atom. The maximum absolute atomic E-state index is 12.9. The first kappa shape index (κ1) is 22.0. The van der Waals surface area contributed by atoms with E-state index in [0.717, 1.165) is 22.6 Å². The molecule has 8 heteroatoms. The number of hydrogen-bond acceptors (Lipinski definition) is 6. The molecule has 8 nitrogen and oxygen atoms in total. The molecule has 0 fully saturated rings. The summed E-state index contributed by atoms with van der Waals surface area (Å²) in [5.74, 6) is -0.577. The van der Waals surface area contributed by atoms with Crippen LogP contribution >= 0.6 is 0 Å². The number of ether oxygens (including phenoxy) is 2. The van der Waals surface area contributed by atoms with Crippen molar-refractivity contribution in [2.24, 2.45) is 5.10 Å². The molecule has 0 saturated heterocycles. The molecule has 2 aromatic rings. The van der Waals surface area contributed by atoms with E-state index in [9.17, 15) is 14.4 Å². The molecule has 0 aromatic heterocycles. The molecule has 1 aliphatic rings. The first-order valence-electron chi connectivity index (χ1n) is 9.97. The van der Waals surface area contributed by atoms with Gasteiger partial charge in [0.05, 0.1) is 25.3 Å². The van der Waals surface area contributed by atoms with Crippen molar-refractivity contribution in [3.63, 3.8) is 0 Å². The van der Waals surface area contributed by atoms with Crippen LogP contribution in [0, 0.1) is 0 Å². The fraction of sp³-hybridized carbons (Fsp3) is 0.304. The average molecular weight is 423 g/mol. The van der Waals surface area contributed by atoms with Gasteiger partial charge in [-0.1, -0.05) is 42.5 Å². The summed E-state index contributed by atoms with van der Waals surface area (Å²) in [6, 6.07) is 16.9. The Morgan fingerprint density at radius 2 is 1.77 bits per heavy atom. The molecular weight excluding hydrogens is 398 g/mol. The van der Waals surface area contributed by atoms with Gasteiger partial charge in [-0.25, -0.2) is 5.01 Å². The zero-order valence-corrected chi connectivity index (χ0v) is 17.5. The Balaban J connectivity index is 1.73. The number of esters is 1. The minimum Gasteiger partial charge on any atom is -0.497 e. The van der Waals surface area contributed by atoms with Gasteiger partial charge in [-0.05, 0) is 23.3 Å². The lowest BCUT2D eigenvalue weighted by Crippen LogP contribution is -2.28. The molecule has 1 N–H and O–H groups in total. The topological polar surface area (TPSA) is 97.3 Å². The fourth-order valence-corrected chi connectivity index (χ4v) is 3.24. The summed E-state index contributed by atoms with van der Waals surface area (Å²) < 4.78 is 10.1. The highest BCUT2D eigenvalue weighted by atomic mass is 16.5. The van der Waals surface area contributed by atoms with Crippen molar-refractivity contribution in [1.82, 2.24) is 10.3 Å². The quantitative estimate of drug-likeness (QED) is 0.658. The summed E-state index contributed by atoms with van der Waals surface area (Å²) in [4.78, 5) is 36.0. The smallest absolute Gasteiger partial charge is 0.306 e. The third-order valence-corrected chi connectivity index (χ3v) is 4.96. The zero-order valence-electron chi connectivity index (χ0n) is 17.5. The van der Waals surface area contributed by atoms with Gasteiger partial charge >= 0.3 is 5.97 Å². The second kappa shape index (κ2) is 10.4. The number of methoxy groups -OCH3 is 1. The summed E-state index contributed by atoms with van der Waals surface area (Å²) >= 11 is 0. The van der Waals surface area contributed by atoms with Crippen molar-refractivity contribution in [2.75, 3.05) is 20.8 Å². The van der Waals surface area contributed by atoms with Crippen molar-refractivity contribution in [2.45, 2.75) is 25.3 Å². The molecular formula is C23H25N3O5. The Labute approximate surface area is 180 Å². The molecule has 3 rings (SSSR count). The molecule has 0 spiro atoms. The number of rotatable bonds is 8. The lowest BCUT2D eigenvalue weighted by molar-refractivity contribution is -0.150. The Hall–Kier alpha value is -3.68. The van der Waals surface area contributed by atoms with Crippen molar-refractivity contribution in [3.05, 3.63) is 65.7 Å². The van der Waals surface area contributed by atoms with E-state index in [1.165, 1.54) is 12.1 Å². The molecule has 31 heavy (non-hydrogen) atoms. The van der Waals surface area contributed by atoms with Gasteiger partial charge in [0, 0.05) is 19.9 Å². The van der Waals surface area contributed by atoms with Gasteiger partial charge in [0.25, 0.3) is 5.91 Å². The molecule has 0 aliphatic carbocycles. The lowest BCUT2D eigenvalue weighted by atomic mass is 9.98. The highest BCUT2D eigenvalue weighted by Gasteiger charge is 2.33. The average Bonchev–Trinajstić information content (AvgIpc) is 3.27. The highest BCUT2D eigenvalue weighted by Crippen LogP contribution is 2.34. The van der Waals surface area contributed by atoms with Crippen LogP contribution in [-0.2, 0) is 19.1 Å². The van der Waals surface area contributed by atoms with Crippen molar-refractivity contribution in [1.29, 1.82) is 0 Å². The Bertz CT molecular complexity index is 957. The van der Waals surface area contributed by atoms with Crippen LogP contribution in [0.2, 0.25) is 0 Å². The third kappa shape index (κ3) is 5.69. The number of amides is 2. The van der Waals surface area contributed by atoms with Crippen LogP contribution in [0.25, 0.3) is 0 Å². The molecule has 0 bridgehead atoms. The maximum Gasteiger partial charge on any atom is 0.306 e. The molecule has 1 aliphatic heterocycles. The van der Waals surface area contributed by atoms with E-state index >= 15 is 0 Å². The van der Waals surface area contributed by atoms with Crippen LogP contribution in [0.15, 0.2) is 59.7 Å². The van der Waals surface area contributed by atoms with Crippen LogP contribution in [0.3, 0.4) is 0 Å². The first-order valence-corrected chi connectivity index (χ1v) is 9.97. The van der Waals surface area contributed by atoms with Crippen LogP contribution in [0.5, 0.6) is 5.75 Å². The third-order valence-electron chi connectivity index (χ3n) is 4.96. The Morgan fingerprint density at radius 1 is 1.06 bits per heavy atom. The predicted molar refractivity (Wildman–Crippen MR) is 114 cm³/mol. The number of hydrogen-bond donors (Lipinski definition) is 1. The summed E-state index contributed by atoms with van der Waals surface area (Å²) in [6.07, 6.45) is 0.367. The van der Waals surface area contributed by atoms with E-state index in [1.807, 2.05) is 54.6 Å². The van der Waals surface area contributed by atoms with Gasteiger partial charge in [-0.15, -0.1) is 0 Å². The maximum atomic E-state index is 12.9. The van der Waals surface area contributed by atoms with Crippen LogP contribution < -0.4 is 10.1 Å². The van der Waals surface area contributed by atoms with E-state index in [-0.39, 0.29) is 31.4 Å². The molecule has 0 radical (unpaired) electrons. The van der Waals surface area contributed by atoms with Gasteiger partial charge in [-0.3, -0.25) is 14.4 Å². The minimum absolute atomic E-state index is 0.0647. The molecule has 2 aromatic carbocycles. The minimum atomic E-state index is -0.607. The number of nitrogens with zero attached hydrogens (tertiary/aromatic N) is 2. The number of likely N-dealkylation sites (N-methyl/N-ethyl adjacent to an activating group) is 1. The summed E-state index contributed by atoms with van der Waals surface area (Å²) in [7, 11) is 3.05. The first-order chi connectivity index (χ1) is 15.0. The standard InChI is InChI=1S/C23H25N3O5/c1-24-21(27)15-31-23(29)13-12-22(28)26-20(17-8-10-18(30-2)11-9-17)14-19(25-26)16-6-4-3-5-7-16/h3-11,20H,12-15H2,1-2H3,(H,24,27)/t20-/m0/s1. The summed E-state index contributed by atoms with van der Waals surface area (Å²) in [6.45, 7) is -0.363.